The molecule has 0 aliphatic carbocycles. The zero-order chi connectivity index (χ0) is 18.5. The van der Waals surface area contributed by atoms with E-state index in [9.17, 15) is 18.0 Å². The molecule has 0 bridgehead atoms. The Morgan fingerprint density at radius 3 is 2.70 bits per heavy atom. The molecule has 1 atom stereocenters. The van der Waals surface area contributed by atoms with Crippen LogP contribution in [-0.2, 0) is 11.3 Å². The fourth-order valence-corrected chi connectivity index (χ4v) is 3.68. The second kappa shape index (κ2) is 7.27. The van der Waals surface area contributed by atoms with Crippen molar-refractivity contribution >= 4 is 29.3 Å². The van der Waals surface area contributed by atoms with Crippen molar-refractivity contribution in [1.82, 2.24) is 25.0 Å². The van der Waals surface area contributed by atoms with Gasteiger partial charge in [-0.3, -0.25) is 9.48 Å². The van der Waals surface area contributed by atoms with Crippen molar-refractivity contribution in [3.05, 3.63) is 23.5 Å². The van der Waals surface area contributed by atoms with Crippen molar-refractivity contribution in [3.8, 4) is 0 Å². The first-order valence-corrected chi connectivity index (χ1v) is 8.75. The molecule has 10 heteroatoms. The summed E-state index contributed by atoms with van der Waals surface area (Å²) in [6.07, 6.45) is -4.05. The number of carbonyl (C=O) groups excluding carboxylic acids is 1. The van der Waals surface area contributed by atoms with Crippen LogP contribution in [0.15, 0.2) is 12.1 Å². The van der Waals surface area contributed by atoms with Gasteiger partial charge < -0.3 is 10.2 Å². The van der Waals surface area contributed by atoms with E-state index in [0.29, 0.717) is 11.9 Å². The van der Waals surface area contributed by atoms with Gasteiger partial charge in [-0.05, 0) is 31.9 Å². The second-order valence-electron chi connectivity index (χ2n) is 7.01. The van der Waals surface area contributed by atoms with E-state index < -0.39 is 18.1 Å². The third-order valence-corrected chi connectivity index (χ3v) is 5.17. The Morgan fingerprint density at radius 2 is 2.07 bits per heavy atom. The molecule has 1 N–H and O–H groups in total. The number of nitrogens with one attached hydrogen (secondary N) is 1. The Labute approximate surface area is 160 Å². The summed E-state index contributed by atoms with van der Waals surface area (Å²) in [5, 5.41) is 7.72. The number of fused-ring (bicyclic) bond motifs is 1. The predicted octanol–water partition coefficient (Wildman–Crippen LogP) is 2.40. The van der Waals surface area contributed by atoms with Crippen LogP contribution in [0.3, 0.4) is 0 Å². The quantitative estimate of drug-likeness (QED) is 0.854. The minimum absolute atomic E-state index is 0. The molecular formula is C17H21ClF3N5O. The van der Waals surface area contributed by atoms with Crippen molar-refractivity contribution in [2.24, 2.45) is 0 Å². The third kappa shape index (κ3) is 3.62. The summed E-state index contributed by atoms with van der Waals surface area (Å²) < 4.78 is 40.9. The number of carbonyl (C=O) groups is 1. The van der Waals surface area contributed by atoms with Gasteiger partial charge in [0.25, 0.3) is 0 Å². The molecule has 4 heterocycles. The molecule has 2 aromatic rings. The Morgan fingerprint density at radius 1 is 1.33 bits per heavy atom. The maximum Gasteiger partial charge on any atom is 0.408 e. The van der Waals surface area contributed by atoms with Gasteiger partial charge in [-0.2, -0.15) is 18.3 Å². The zero-order valence-electron chi connectivity index (χ0n) is 14.8. The summed E-state index contributed by atoms with van der Waals surface area (Å²) in [6, 6.07) is 1.97. The first-order valence-electron chi connectivity index (χ1n) is 8.75. The monoisotopic (exact) mass is 403 g/mol. The largest absolute Gasteiger partial charge is 0.408 e. The van der Waals surface area contributed by atoms with E-state index >= 15 is 0 Å². The van der Waals surface area contributed by atoms with Crippen LogP contribution in [0.4, 0.5) is 13.2 Å². The summed E-state index contributed by atoms with van der Waals surface area (Å²) >= 11 is 0. The molecule has 2 aliphatic heterocycles. The molecule has 0 saturated carbocycles. The number of hydrogen-bond donors (Lipinski definition) is 1. The summed E-state index contributed by atoms with van der Waals surface area (Å²) in [6.45, 7) is 3.39. The molecular weight excluding hydrogens is 383 g/mol. The number of amides is 1. The number of nitrogens with zero attached hydrogens (tertiary/aromatic N) is 4. The molecule has 2 fully saturated rings. The second-order valence-corrected chi connectivity index (χ2v) is 7.01. The lowest BCUT2D eigenvalue weighted by Crippen LogP contribution is -2.45. The third-order valence-electron chi connectivity index (χ3n) is 5.17. The SMILES string of the molecule is Cc1ccc2c(n1)c(C1CNC1)nn2CC(=O)N1CCC[C@H]1C(F)(F)F.Cl. The standard InChI is InChI=1S/C17H20F3N5O.ClH/c1-10-4-5-12-16(22-10)15(11-7-21-8-11)23-25(12)9-14(26)24-6-2-3-13(24)17(18,19)20;/h4-5,11,13,21H,2-3,6-9H2,1H3;1H/t13-;/m0./s1. The Kier molecular flexibility index (Phi) is 5.36. The molecule has 27 heavy (non-hydrogen) atoms. The van der Waals surface area contributed by atoms with Gasteiger partial charge >= 0.3 is 6.18 Å². The number of pyridine rings is 1. The molecule has 1 amide bonds. The van der Waals surface area contributed by atoms with Crippen molar-refractivity contribution in [2.45, 2.75) is 44.4 Å². The number of rotatable bonds is 3. The van der Waals surface area contributed by atoms with Gasteiger partial charge in [-0.25, -0.2) is 4.98 Å². The average Bonchev–Trinajstić information content (AvgIpc) is 3.11. The highest BCUT2D eigenvalue weighted by molar-refractivity contribution is 5.85. The van der Waals surface area contributed by atoms with Gasteiger partial charge in [0.05, 0.1) is 11.2 Å². The number of aromatic nitrogens is 3. The fourth-order valence-electron chi connectivity index (χ4n) is 3.68. The zero-order valence-corrected chi connectivity index (χ0v) is 15.6. The van der Waals surface area contributed by atoms with Gasteiger partial charge in [-0.1, -0.05) is 0 Å². The molecule has 2 aliphatic rings. The molecule has 148 valence electrons. The first kappa shape index (κ1) is 19.9. The molecule has 2 aromatic heterocycles. The Balaban J connectivity index is 0.00000210. The van der Waals surface area contributed by atoms with Crippen LogP contribution in [-0.4, -0.2) is 57.4 Å². The highest BCUT2D eigenvalue weighted by Gasteiger charge is 2.47. The van der Waals surface area contributed by atoms with Gasteiger partial charge in [-0.15, -0.1) is 12.4 Å². The van der Waals surface area contributed by atoms with E-state index in [0.717, 1.165) is 34.9 Å². The normalized spacial score (nSPS) is 20.6. The predicted molar refractivity (Wildman–Crippen MR) is 95.9 cm³/mol. The van der Waals surface area contributed by atoms with Crippen molar-refractivity contribution in [3.63, 3.8) is 0 Å². The average molecular weight is 404 g/mol. The molecule has 0 spiro atoms. The van der Waals surface area contributed by atoms with Crippen LogP contribution in [0, 0.1) is 6.92 Å². The lowest BCUT2D eigenvalue weighted by Gasteiger charge is -2.26. The van der Waals surface area contributed by atoms with E-state index in [-0.39, 0.29) is 37.8 Å². The minimum Gasteiger partial charge on any atom is -0.329 e. The van der Waals surface area contributed by atoms with Gasteiger partial charge in [0.15, 0.2) is 0 Å². The summed E-state index contributed by atoms with van der Waals surface area (Å²) in [4.78, 5) is 18.1. The van der Waals surface area contributed by atoms with E-state index in [1.54, 1.807) is 0 Å². The minimum atomic E-state index is -4.39. The fraction of sp³-hybridized carbons (Fsp3) is 0.588. The van der Waals surface area contributed by atoms with E-state index in [1.807, 2.05) is 19.1 Å². The Bertz CT molecular complexity index is 849. The van der Waals surface area contributed by atoms with Gasteiger partial charge in [0.1, 0.15) is 18.1 Å². The van der Waals surface area contributed by atoms with E-state index in [2.05, 4.69) is 15.4 Å². The molecule has 0 unspecified atom stereocenters. The number of aryl methyl sites for hydroxylation is 1. The molecule has 4 rings (SSSR count). The summed E-state index contributed by atoms with van der Waals surface area (Å²) in [5.41, 5.74) is 3.07. The van der Waals surface area contributed by atoms with Crippen LogP contribution >= 0.6 is 12.4 Å². The maximum atomic E-state index is 13.1. The van der Waals surface area contributed by atoms with Crippen LogP contribution in [0.25, 0.3) is 11.0 Å². The number of likely N-dealkylation sites (tertiary alicyclic amines) is 1. The number of hydrogen-bond acceptors (Lipinski definition) is 4. The number of alkyl halides is 3. The van der Waals surface area contributed by atoms with Crippen LogP contribution in [0.5, 0.6) is 0 Å². The smallest absolute Gasteiger partial charge is 0.329 e. The highest BCUT2D eigenvalue weighted by atomic mass is 35.5. The van der Waals surface area contributed by atoms with Gasteiger partial charge in [0.2, 0.25) is 5.91 Å². The van der Waals surface area contributed by atoms with E-state index in [1.165, 1.54) is 4.68 Å². The number of halogens is 4. The molecule has 0 radical (unpaired) electrons. The van der Waals surface area contributed by atoms with Crippen LogP contribution in [0.2, 0.25) is 0 Å². The topological polar surface area (TPSA) is 63.1 Å². The lowest BCUT2D eigenvalue weighted by atomic mass is 9.98. The molecule has 6 nitrogen and oxygen atoms in total. The van der Waals surface area contributed by atoms with Crippen molar-refractivity contribution in [2.75, 3.05) is 19.6 Å². The van der Waals surface area contributed by atoms with Crippen molar-refractivity contribution < 1.29 is 18.0 Å². The summed E-state index contributed by atoms with van der Waals surface area (Å²) in [7, 11) is 0. The maximum absolute atomic E-state index is 13.1. The highest BCUT2D eigenvalue weighted by Crippen LogP contribution is 2.33. The van der Waals surface area contributed by atoms with E-state index in [4.69, 9.17) is 0 Å². The van der Waals surface area contributed by atoms with Gasteiger partial charge in [0, 0.05) is 31.2 Å². The van der Waals surface area contributed by atoms with Crippen LogP contribution in [0.1, 0.15) is 30.1 Å². The van der Waals surface area contributed by atoms with Crippen molar-refractivity contribution in [1.29, 1.82) is 0 Å². The molecule has 0 aromatic carbocycles. The van der Waals surface area contributed by atoms with Crippen LogP contribution < -0.4 is 5.32 Å². The lowest BCUT2D eigenvalue weighted by molar-refractivity contribution is -0.183. The Hall–Kier alpha value is -1.87. The molecule has 2 saturated heterocycles. The first-order chi connectivity index (χ1) is 12.3. The summed E-state index contributed by atoms with van der Waals surface area (Å²) in [5.74, 6) is -0.328.